The Kier molecular flexibility index (Phi) is 4.70. The lowest BCUT2D eigenvalue weighted by Crippen LogP contribution is -2.38. The number of ether oxygens (including phenoxy) is 3. The molecule has 0 fully saturated rings. The monoisotopic (exact) mass is 435 g/mol. The van der Waals surface area contributed by atoms with Gasteiger partial charge < -0.3 is 24.4 Å². The van der Waals surface area contributed by atoms with E-state index in [2.05, 4.69) is 10.3 Å². The lowest BCUT2D eigenvalue weighted by Gasteiger charge is -2.31. The first-order valence-electron chi connectivity index (χ1n) is 10.1. The minimum absolute atomic E-state index is 0.0500. The van der Waals surface area contributed by atoms with Crippen molar-refractivity contribution in [2.45, 2.75) is 18.3 Å². The van der Waals surface area contributed by atoms with Gasteiger partial charge in [-0.15, -0.1) is 0 Å². The number of carbonyl (C=O) groups is 3. The quantitative estimate of drug-likeness (QED) is 0.723. The number of hydrogen-bond donors (Lipinski definition) is 1. The SMILES string of the molecule is COC(=O)C1=C(C(=O)OC)N(c2ccc3c(c2)CC2(C3)C(=O)Nc3ncccc32)COC1. The van der Waals surface area contributed by atoms with Crippen molar-refractivity contribution < 1.29 is 28.6 Å². The van der Waals surface area contributed by atoms with Gasteiger partial charge in [0.15, 0.2) is 0 Å². The second kappa shape index (κ2) is 7.45. The van der Waals surface area contributed by atoms with Crippen molar-refractivity contribution in [3.8, 4) is 0 Å². The van der Waals surface area contributed by atoms with Crippen LogP contribution in [0.15, 0.2) is 47.8 Å². The molecule has 32 heavy (non-hydrogen) atoms. The van der Waals surface area contributed by atoms with Crippen molar-refractivity contribution in [2.75, 3.05) is 37.8 Å². The van der Waals surface area contributed by atoms with E-state index in [0.29, 0.717) is 24.3 Å². The summed E-state index contributed by atoms with van der Waals surface area (Å²) in [6.07, 6.45) is 2.74. The molecule has 5 rings (SSSR count). The number of esters is 2. The summed E-state index contributed by atoms with van der Waals surface area (Å²) in [5.74, 6) is -0.759. The minimum atomic E-state index is -0.693. The highest BCUT2D eigenvalue weighted by Crippen LogP contribution is 2.47. The van der Waals surface area contributed by atoms with Crippen molar-refractivity contribution in [2.24, 2.45) is 0 Å². The highest BCUT2D eigenvalue weighted by molar-refractivity contribution is 6.06. The average Bonchev–Trinajstić information content (AvgIpc) is 3.34. The Balaban J connectivity index is 1.54. The van der Waals surface area contributed by atoms with Gasteiger partial charge in [0, 0.05) is 17.4 Å². The van der Waals surface area contributed by atoms with Crippen LogP contribution in [0.25, 0.3) is 0 Å². The molecule has 3 heterocycles. The molecule has 2 aromatic rings. The van der Waals surface area contributed by atoms with Crippen LogP contribution < -0.4 is 10.2 Å². The van der Waals surface area contributed by atoms with Crippen molar-refractivity contribution >= 4 is 29.4 Å². The van der Waals surface area contributed by atoms with Gasteiger partial charge in [-0.2, -0.15) is 0 Å². The zero-order chi connectivity index (χ0) is 22.5. The maximum absolute atomic E-state index is 12.9. The second-order valence-electron chi connectivity index (χ2n) is 7.96. The molecule has 9 nitrogen and oxygen atoms in total. The molecule has 0 saturated heterocycles. The van der Waals surface area contributed by atoms with Crippen LogP contribution in [-0.4, -0.2) is 50.4 Å². The fourth-order valence-corrected chi connectivity index (χ4v) is 4.77. The van der Waals surface area contributed by atoms with Crippen molar-refractivity contribution in [3.05, 3.63) is 64.5 Å². The van der Waals surface area contributed by atoms with E-state index in [1.165, 1.54) is 14.2 Å². The number of fused-ring (bicyclic) bond motifs is 3. The van der Waals surface area contributed by atoms with Crippen LogP contribution in [-0.2, 0) is 46.9 Å². The number of benzene rings is 1. The van der Waals surface area contributed by atoms with E-state index in [9.17, 15) is 14.4 Å². The van der Waals surface area contributed by atoms with Crippen LogP contribution in [0.4, 0.5) is 11.5 Å². The third kappa shape index (κ3) is 2.89. The number of hydrogen-bond acceptors (Lipinski definition) is 8. The van der Waals surface area contributed by atoms with Crippen LogP contribution in [0.2, 0.25) is 0 Å². The molecule has 1 aromatic heterocycles. The molecule has 1 N–H and O–H groups in total. The first-order valence-corrected chi connectivity index (χ1v) is 10.1. The van der Waals surface area contributed by atoms with Crippen molar-refractivity contribution in [3.63, 3.8) is 0 Å². The molecular formula is C23H21N3O6. The number of pyridine rings is 1. The molecule has 1 aliphatic carbocycles. The molecule has 0 bridgehead atoms. The zero-order valence-electron chi connectivity index (χ0n) is 17.6. The van der Waals surface area contributed by atoms with E-state index >= 15 is 0 Å². The first kappa shape index (κ1) is 20.2. The Bertz CT molecular complexity index is 1190. The molecule has 1 unspecified atom stereocenters. The molecule has 1 spiro atoms. The lowest BCUT2D eigenvalue weighted by molar-refractivity contribution is -0.140. The summed E-state index contributed by atoms with van der Waals surface area (Å²) < 4.78 is 15.3. The average molecular weight is 435 g/mol. The predicted molar refractivity (Wildman–Crippen MR) is 113 cm³/mol. The smallest absolute Gasteiger partial charge is 0.355 e. The highest BCUT2D eigenvalue weighted by atomic mass is 16.5. The number of anilines is 2. The van der Waals surface area contributed by atoms with Crippen LogP contribution in [0.1, 0.15) is 16.7 Å². The molecule has 1 aromatic carbocycles. The van der Waals surface area contributed by atoms with Gasteiger partial charge in [-0.3, -0.25) is 4.79 Å². The van der Waals surface area contributed by atoms with E-state index in [-0.39, 0.29) is 30.5 Å². The molecule has 9 heteroatoms. The predicted octanol–water partition coefficient (Wildman–Crippen LogP) is 1.46. The molecular weight excluding hydrogens is 414 g/mol. The highest BCUT2D eigenvalue weighted by Gasteiger charge is 2.51. The summed E-state index contributed by atoms with van der Waals surface area (Å²) in [5.41, 5.74) is 3.09. The van der Waals surface area contributed by atoms with Gasteiger partial charge >= 0.3 is 11.9 Å². The fraction of sp³-hybridized carbons (Fsp3) is 0.304. The van der Waals surface area contributed by atoms with Gasteiger partial charge in [-0.05, 0) is 42.2 Å². The van der Waals surface area contributed by atoms with Crippen LogP contribution in [0.5, 0.6) is 0 Å². The van der Waals surface area contributed by atoms with E-state index in [1.807, 2.05) is 30.3 Å². The van der Waals surface area contributed by atoms with Gasteiger partial charge in [-0.25, -0.2) is 14.6 Å². The summed E-state index contributed by atoms with van der Waals surface area (Å²) in [6.45, 7) is 0.0215. The van der Waals surface area contributed by atoms with E-state index in [0.717, 1.165) is 16.7 Å². The van der Waals surface area contributed by atoms with E-state index in [4.69, 9.17) is 14.2 Å². The van der Waals surface area contributed by atoms with Crippen molar-refractivity contribution in [1.82, 2.24) is 4.98 Å². The fourth-order valence-electron chi connectivity index (χ4n) is 4.77. The maximum Gasteiger partial charge on any atom is 0.355 e. The summed E-state index contributed by atoms with van der Waals surface area (Å²) in [5, 5.41) is 2.90. The van der Waals surface area contributed by atoms with Gasteiger partial charge in [0.25, 0.3) is 0 Å². The standard InChI is InChI=1S/C23H21N3O6/c1-30-20(27)16-11-32-12-26(18(16)21(28)31-2)15-6-5-13-9-23(10-14(13)8-15)17-4-3-7-24-19(17)25-22(23)29/h3-8H,9-12H2,1-2H3,(H,24,25,29). The summed E-state index contributed by atoms with van der Waals surface area (Å²) in [7, 11) is 2.51. The molecule has 164 valence electrons. The molecule has 0 saturated carbocycles. The van der Waals surface area contributed by atoms with E-state index < -0.39 is 17.4 Å². The van der Waals surface area contributed by atoms with Crippen LogP contribution >= 0.6 is 0 Å². The molecule has 1 atom stereocenters. The van der Waals surface area contributed by atoms with Gasteiger partial charge in [-0.1, -0.05) is 12.1 Å². The molecule has 0 radical (unpaired) electrons. The second-order valence-corrected chi connectivity index (χ2v) is 7.96. The number of amides is 1. The Morgan fingerprint density at radius 3 is 2.69 bits per heavy atom. The Morgan fingerprint density at radius 2 is 1.91 bits per heavy atom. The maximum atomic E-state index is 12.9. The van der Waals surface area contributed by atoms with E-state index in [1.54, 1.807) is 11.1 Å². The summed E-state index contributed by atoms with van der Waals surface area (Å²) in [4.78, 5) is 43.6. The zero-order valence-corrected chi connectivity index (χ0v) is 17.6. The normalized spacial score (nSPS) is 21.3. The first-order chi connectivity index (χ1) is 15.5. The van der Waals surface area contributed by atoms with Gasteiger partial charge in [0.1, 0.15) is 18.2 Å². The minimum Gasteiger partial charge on any atom is -0.466 e. The topological polar surface area (TPSA) is 107 Å². The Hall–Kier alpha value is -3.72. The number of carbonyl (C=O) groups excluding carboxylic acids is 3. The number of rotatable bonds is 3. The summed E-state index contributed by atoms with van der Waals surface area (Å²) >= 11 is 0. The third-order valence-electron chi connectivity index (χ3n) is 6.31. The number of aromatic nitrogens is 1. The Labute approximate surface area is 184 Å². The number of nitrogens with one attached hydrogen (secondary N) is 1. The third-order valence-corrected chi connectivity index (χ3v) is 6.31. The molecule has 3 aliphatic rings. The molecule has 2 aliphatic heterocycles. The lowest BCUT2D eigenvalue weighted by atomic mass is 9.79. The van der Waals surface area contributed by atoms with Gasteiger partial charge in [0.2, 0.25) is 5.91 Å². The van der Waals surface area contributed by atoms with Crippen LogP contribution in [0, 0.1) is 0 Å². The molecule has 1 amide bonds. The van der Waals surface area contributed by atoms with Crippen molar-refractivity contribution in [1.29, 1.82) is 0 Å². The largest absolute Gasteiger partial charge is 0.466 e. The van der Waals surface area contributed by atoms with Crippen LogP contribution in [0.3, 0.4) is 0 Å². The Morgan fingerprint density at radius 1 is 1.12 bits per heavy atom. The number of nitrogens with zero attached hydrogens (tertiary/aromatic N) is 2. The summed E-state index contributed by atoms with van der Waals surface area (Å²) in [6, 6.07) is 9.50. The number of methoxy groups -OCH3 is 2. The van der Waals surface area contributed by atoms with Gasteiger partial charge in [0.05, 0.1) is 31.8 Å².